The van der Waals surface area contributed by atoms with E-state index in [0.29, 0.717) is 13.2 Å². The van der Waals surface area contributed by atoms with Crippen LogP contribution in [0.2, 0.25) is 0 Å². The van der Waals surface area contributed by atoms with Crippen molar-refractivity contribution in [2.45, 2.75) is 48.0 Å². The summed E-state index contributed by atoms with van der Waals surface area (Å²) in [5.41, 5.74) is -0.789. The lowest BCUT2D eigenvalue weighted by molar-refractivity contribution is -0.176. The molecule has 0 aromatic carbocycles. The van der Waals surface area contributed by atoms with Gasteiger partial charge in [0.25, 0.3) is 0 Å². The summed E-state index contributed by atoms with van der Waals surface area (Å²) >= 11 is 0. The molecule has 0 aromatic heterocycles. The van der Waals surface area contributed by atoms with Gasteiger partial charge in [-0.1, -0.05) is 53.7 Å². The number of ether oxygens (including phenoxy) is 2. The van der Waals surface area contributed by atoms with Crippen LogP contribution in [0.3, 0.4) is 0 Å². The van der Waals surface area contributed by atoms with Crippen molar-refractivity contribution < 1.29 is 19.1 Å². The maximum absolute atomic E-state index is 13.1. The van der Waals surface area contributed by atoms with E-state index in [9.17, 15) is 9.59 Å². The summed E-state index contributed by atoms with van der Waals surface area (Å²) in [7, 11) is 0. The number of rotatable bonds is 7. The van der Waals surface area contributed by atoms with Crippen molar-refractivity contribution in [2.75, 3.05) is 13.2 Å². The molecule has 0 heterocycles. The average molecular weight is 336 g/mol. The van der Waals surface area contributed by atoms with Gasteiger partial charge in [-0.2, -0.15) is 0 Å². The van der Waals surface area contributed by atoms with Crippen LogP contribution in [0.4, 0.5) is 0 Å². The van der Waals surface area contributed by atoms with Crippen LogP contribution < -0.4 is 0 Å². The second kappa shape index (κ2) is 7.28. The molecule has 4 heteroatoms. The molecule has 136 valence electrons. The molecular weight excluding hydrogens is 304 g/mol. The highest BCUT2D eigenvalue weighted by molar-refractivity contribution is 5.88. The van der Waals surface area contributed by atoms with E-state index in [-0.39, 0.29) is 41.5 Å². The number of fused-ring (bicyclic) bond motifs is 2. The first kappa shape index (κ1) is 19.0. The summed E-state index contributed by atoms with van der Waals surface area (Å²) in [6.07, 6.45) is 5.03. The summed E-state index contributed by atoms with van der Waals surface area (Å²) in [5.74, 6) is -0.157. The van der Waals surface area contributed by atoms with Crippen LogP contribution in [-0.4, -0.2) is 25.2 Å². The largest absolute Gasteiger partial charge is 0.465 e. The lowest BCUT2D eigenvalue weighted by atomic mass is 9.62. The first-order valence-corrected chi connectivity index (χ1v) is 9.23. The number of esters is 2. The van der Waals surface area contributed by atoms with E-state index in [1.54, 1.807) is 0 Å². The molecule has 4 nitrogen and oxygen atoms in total. The second-order valence-electron chi connectivity index (χ2n) is 8.47. The van der Waals surface area contributed by atoms with Crippen molar-refractivity contribution in [2.24, 2.45) is 40.9 Å². The van der Waals surface area contributed by atoms with Crippen LogP contribution in [0.25, 0.3) is 0 Å². The fourth-order valence-corrected chi connectivity index (χ4v) is 4.29. The fourth-order valence-electron chi connectivity index (χ4n) is 4.29. The van der Waals surface area contributed by atoms with Gasteiger partial charge >= 0.3 is 11.9 Å². The summed E-state index contributed by atoms with van der Waals surface area (Å²) in [6.45, 7) is 12.9. The third-order valence-electron chi connectivity index (χ3n) is 5.34. The van der Waals surface area contributed by atoms with Gasteiger partial charge in [0, 0.05) is 0 Å². The smallest absolute Gasteiger partial charge is 0.313 e. The van der Waals surface area contributed by atoms with Crippen LogP contribution in [0.5, 0.6) is 0 Å². The van der Waals surface area contributed by atoms with Crippen LogP contribution in [0, 0.1) is 40.9 Å². The molecule has 0 aliphatic heterocycles. The molecule has 2 bridgehead atoms. The number of carbonyl (C=O) groups excluding carboxylic acids is 2. The monoisotopic (exact) mass is 336 g/mol. The molecule has 0 spiro atoms. The van der Waals surface area contributed by atoms with Gasteiger partial charge in [-0.25, -0.2) is 0 Å². The Morgan fingerprint density at radius 1 is 1.00 bits per heavy atom. The van der Waals surface area contributed by atoms with Crippen LogP contribution >= 0.6 is 0 Å². The molecule has 2 aliphatic rings. The highest BCUT2D eigenvalue weighted by atomic mass is 16.5. The summed E-state index contributed by atoms with van der Waals surface area (Å²) in [5, 5.41) is 0. The minimum atomic E-state index is -0.789. The maximum Gasteiger partial charge on any atom is 0.313 e. The minimum Gasteiger partial charge on any atom is -0.465 e. The first-order chi connectivity index (χ1) is 11.2. The van der Waals surface area contributed by atoms with Crippen molar-refractivity contribution in [1.82, 2.24) is 0 Å². The summed E-state index contributed by atoms with van der Waals surface area (Å²) in [4.78, 5) is 25.9. The number of hydrogen-bond donors (Lipinski definition) is 0. The minimum absolute atomic E-state index is 0.0220. The second-order valence-corrected chi connectivity index (χ2v) is 8.47. The van der Waals surface area contributed by atoms with Gasteiger partial charge in [-0.3, -0.25) is 9.59 Å². The molecule has 2 rings (SSSR count). The molecule has 1 saturated carbocycles. The number of hydrogen-bond acceptors (Lipinski definition) is 4. The fraction of sp³-hybridized carbons (Fsp3) is 0.800. The van der Waals surface area contributed by atoms with Crippen LogP contribution in [0.1, 0.15) is 48.0 Å². The molecule has 1 fully saturated rings. The van der Waals surface area contributed by atoms with Crippen molar-refractivity contribution in [1.29, 1.82) is 0 Å². The zero-order valence-corrected chi connectivity index (χ0v) is 15.9. The van der Waals surface area contributed by atoms with E-state index in [2.05, 4.69) is 12.2 Å². The van der Waals surface area contributed by atoms with Crippen molar-refractivity contribution in [3.05, 3.63) is 12.2 Å². The molecule has 0 aromatic rings. The topological polar surface area (TPSA) is 52.6 Å². The van der Waals surface area contributed by atoms with Gasteiger partial charge < -0.3 is 9.47 Å². The molecule has 4 unspecified atom stereocenters. The molecule has 0 N–H and O–H groups in total. The van der Waals surface area contributed by atoms with E-state index in [1.165, 1.54) is 0 Å². The lowest BCUT2D eigenvalue weighted by Crippen LogP contribution is -2.51. The normalized spacial score (nSPS) is 31.3. The zero-order valence-electron chi connectivity index (χ0n) is 15.9. The van der Waals surface area contributed by atoms with E-state index in [0.717, 1.165) is 6.42 Å². The van der Waals surface area contributed by atoms with E-state index < -0.39 is 11.3 Å². The Morgan fingerprint density at radius 3 is 2.12 bits per heavy atom. The Bertz CT molecular complexity index is 506. The molecule has 4 atom stereocenters. The Balaban J connectivity index is 2.30. The molecule has 0 amide bonds. The van der Waals surface area contributed by atoms with Gasteiger partial charge in [0.1, 0.15) is 0 Å². The molecule has 24 heavy (non-hydrogen) atoms. The molecular formula is C20H32O4. The lowest BCUT2D eigenvalue weighted by Gasteiger charge is -2.41. The quantitative estimate of drug-likeness (QED) is 0.523. The highest BCUT2D eigenvalue weighted by Gasteiger charge is 2.65. The van der Waals surface area contributed by atoms with Gasteiger partial charge in [-0.15, -0.1) is 0 Å². The van der Waals surface area contributed by atoms with Gasteiger partial charge in [0.05, 0.1) is 24.5 Å². The van der Waals surface area contributed by atoms with Crippen molar-refractivity contribution in [3.8, 4) is 0 Å². The van der Waals surface area contributed by atoms with E-state index in [4.69, 9.17) is 9.47 Å². The standard InChI is InChI=1S/C20H32O4/c1-12(2)10-23-18(21)17-15-7-8-16(9-15)20(17,14(5)6)19(22)24-11-13(3)4/h7-8,12-17H,9-11H2,1-6H3. The first-order valence-electron chi connectivity index (χ1n) is 9.23. The average Bonchev–Trinajstić information content (AvgIpc) is 3.09. The van der Waals surface area contributed by atoms with E-state index in [1.807, 2.05) is 41.5 Å². The van der Waals surface area contributed by atoms with Gasteiger partial charge in [0.15, 0.2) is 0 Å². The Morgan fingerprint density at radius 2 is 1.58 bits per heavy atom. The van der Waals surface area contributed by atoms with Crippen molar-refractivity contribution >= 4 is 11.9 Å². The predicted octanol–water partition coefficient (Wildman–Crippen LogP) is 3.85. The maximum atomic E-state index is 13.1. The van der Waals surface area contributed by atoms with Crippen molar-refractivity contribution in [3.63, 3.8) is 0 Å². The van der Waals surface area contributed by atoms with Gasteiger partial charge in [0.2, 0.25) is 0 Å². The zero-order chi connectivity index (χ0) is 18.1. The number of allylic oxidation sites excluding steroid dienone is 2. The predicted molar refractivity (Wildman–Crippen MR) is 93.1 cm³/mol. The molecule has 0 radical (unpaired) electrons. The van der Waals surface area contributed by atoms with Gasteiger partial charge in [-0.05, 0) is 36.0 Å². The molecule has 0 saturated heterocycles. The Hall–Kier alpha value is -1.32. The van der Waals surface area contributed by atoms with Crippen LogP contribution in [0.15, 0.2) is 12.2 Å². The number of carbonyl (C=O) groups is 2. The van der Waals surface area contributed by atoms with E-state index >= 15 is 0 Å². The summed E-state index contributed by atoms with van der Waals surface area (Å²) < 4.78 is 11.2. The Labute approximate surface area is 146 Å². The molecule has 2 aliphatic carbocycles. The van der Waals surface area contributed by atoms with Crippen LogP contribution in [-0.2, 0) is 19.1 Å². The third kappa shape index (κ3) is 3.25. The Kier molecular flexibility index (Phi) is 5.77. The highest BCUT2D eigenvalue weighted by Crippen LogP contribution is 2.60. The SMILES string of the molecule is CC(C)COC(=O)C1C2C=CC(C2)C1(C(=O)OCC(C)C)C(C)C. The summed E-state index contributed by atoms with van der Waals surface area (Å²) in [6, 6.07) is 0. The third-order valence-corrected chi connectivity index (χ3v) is 5.34.